The van der Waals surface area contributed by atoms with Gasteiger partial charge in [-0.15, -0.1) is 0 Å². The van der Waals surface area contributed by atoms with Gasteiger partial charge in [0.15, 0.2) is 0 Å². The van der Waals surface area contributed by atoms with E-state index in [0.29, 0.717) is 22.8 Å². The molecular weight excluding hydrogens is 368 g/mol. The predicted molar refractivity (Wildman–Crippen MR) is 108 cm³/mol. The smallest absolute Gasteiger partial charge is 0.338 e. The van der Waals surface area contributed by atoms with Gasteiger partial charge in [0.1, 0.15) is 17.6 Å². The third kappa shape index (κ3) is 4.42. The Morgan fingerprint density at radius 2 is 1.72 bits per heavy atom. The molecule has 1 saturated carbocycles. The summed E-state index contributed by atoms with van der Waals surface area (Å²) in [6.07, 6.45) is 3.89. The second kappa shape index (κ2) is 8.39. The largest absolute Gasteiger partial charge is 0.459 e. The minimum absolute atomic E-state index is 0.0474. The fraction of sp³-hybridized carbons (Fsp3) is 0.304. The number of benzene rings is 2. The molecule has 0 unspecified atom stereocenters. The molecule has 6 heteroatoms. The Morgan fingerprint density at radius 3 is 2.48 bits per heavy atom. The highest BCUT2D eigenvalue weighted by molar-refractivity contribution is 5.95. The molecule has 29 heavy (non-hydrogen) atoms. The standard InChI is InChI=1S/C23H24N2O4/c1-15-20(22(26)29-18-11-5-6-12-18)21(25-23(27)24-15)16-8-7-13-19(14-16)28-17-9-3-2-4-10-17/h2-4,7-10,13-14,18,21H,5-6,11-12H2,1H3,(H2,24,25,27)/t21-/m0/s1. The Labute approximate surface area is 169 Å². The highest BCUT2D eigenvalue weighted by atomic mass is 16.5. The van der Waals surface area contributed by atoms with Crippen LogP contribution in [-0.2, 0) is 9.53 Å². The molecule has 2 aromatic carbocycles. The summed E-state index contributed by atoms with van der Waals surface area (Å²) in [7, 11) is 0. The molecule has 1 fully saturated rings. The summed E-state index contributed by atoms with van der Waals surface area (Å²) in [5, 5.41) is 5.53. The molecule has 0 bridgehead atoms. The van der Waals surface area contributed by atoms with Crippen LogP contribution in [-0.4, -0.2) is 18.1 Å². The molecule has 0 radical (unpaired) electrons. The summed E-state index contributed by atoms with van der Waals surface area (Å²) in [5.41, 5.74) is 1.69. The number of rotatable bonds is 5. The SMILES string of the molecule is CC1=C(C(=O)OC2CCCC2)[C@H](c2cccc(Oc3ccccc3)c2)NC(=O)N1. The van der Waals surface area contributed by atoms with Crippen molar-refractivity contribution in [2.45, 2.75) is 44.8 Å². The van der Waals surface area contributed by atoms with Gasteiger partial charge in [0.2, 0.25) is 0 Å². The second-order valence-electron chi connectivity index (χ2n) is 7.37. The zero-order valence-electron chi connectivity index (χ0n) is 16.3. The number of esters is 1. The number of para-hydroxylation sites is 1. The maximum atomic E-state index is 12.9. The fourth-order valence-corrected chi connectivity index (χ4v) is 3.82. The molecule has 4 rings (SSSR count). The van der Waals surface area contributed by atoms with Gasteiger partial charge in [0.05, 0.1) is 11.6 Å². The minimum atomic E-state index is -0.600. The van der Waals surface area contributed by atoms with Gasteiger partial charge in [-0.3, -0.25) is 0 Å². The molecule has 2 aliphatic rings. The van der Waals surface area contributed by atoms with Crippen molar-refractivity contribution in [3.8, 4) is 11.5 Å². The number of allylic oxidation sites excluding steroid dienone is 1. The first kappa shape index (κ1) is 19.1. The van der Waals surface area contributed by atoms with Crippen LogP contribution in [0.4, 0.5) is 4.79 Å². The van der Waals surface area contributed by atoms with Crippen LogP contribution < -0.4 is 15.4 Å². The van der Waals surface area contributed by atoms with Crippen molar-refractivity contribution >= 4 is 12.0 Å². The summed E-state index contributed by atoms with van der Waals surface area (Å²) in [6, 6.07) is 15.9. The van der Waals surface area contributed by atoms with Crippen LogP contribution in [0.5, 0.6) is 11.5 Å². The van der Waals surface area contributed by atoms with Crippen molar-refractivity contribution in [3.63, 3.8) is 0 Å². The number of carbonyl (C=O) groups is 2. The molecule has 1 atom stereocenters. The summed E-state index contributed by atoms with van der Waals surface area (Å²) in [5.74, 6) is 0.954. The van der Waals surface area contributed by atoms with E-state index in [1.807, 2.05) is 54.6 Å². The van der Waals surface area contributed by atoms with Crippen LogP contribution in [0.3, 0.4) is 0 Å². The summed E-state index contributed by atoms with van der Waals surface area (Å²) in [4.78, 5) is 25.0. The number of hydrogen-bond donors (Lipinski definition) is 2. The number of nitrogens with one attached hydrogen (secondary N) is 2. The first-order chi connectivity index (χ1) is 14.1. The Bertz CT molecular complexity index is 933. The summed E-state index contributed by atoms with van der Waals surface area (Å²) in [6.45, 7) is 1.72. The lowest BCUT2D eigenvalue weighted by Crippen LogP contribution is -2.45. The van der Waals surface area contributed by atoms with Crippen molar-refractivity contribution in [3.05, 3.63) is 71.4 Å². The van der Waals surface area contributed by atoms with Gasteiger partial charge in [-0.25, -0.2) is 9.59 Å². The van der Waals surface area contributed by atoms with E-state index in [1.165, 1.54) is 0 Å². The second-order valence-corrected chi connectivity index (χ2v) is 7.37. The van der Waals surface area contributed by atoms with Gasteiger partial charge in [0, 0.05) is 5.70 Å². The van der Waals surface area contributed by atoms with E-state index in [4.69, 9.17) is 9.47 Å². The fourth-order valence-electron chi connectivity index (χ4n) is 3.82. The van der Waals surface area contributed by atoms with Crippen molar-refractivity contribution < 1.29 is 19.1 Å². The number of hydrogen-bond acceptors (Lipinski definition) is 4. The lowest BCUT2D eigenvalue weighted by molar-refractivity contribution is -0.144. The average Bonchev–Trinajstić information content (AvgIpc) is 3.21. The molecule has 0 spiro atoms. The topological polar surface area (TPSA) is 76.7 Å². The van der Waals surface area contributed by atoms with Crippen molar-refractivity contribution in [1.82, 2.24) is 10.6 Å². The lowest BCUT2D eigenvalue weighted by atomic mass is 9.95. The van der Waals surface area contributed by atoms with E-state index in [1.54, 1.807) is 6.92 Å². The first-order valence-corrected chi connectivity index (χ1v) is 9.92. The molecule has 2 amide bonds. The summed E-state index contributed by atoms with van der Waals surface area (Å²) >= 11 is 0. The monoisotopic (exact) mass is 392 g/mol. The maximum absolute atomic E-state index is 12.9. The van der Waals surface area contributed by atoms with E-state index in [0.717, 1.165) is 31.2 Å². The zero-order chi connectivity index (χ0) is 20.2. The van der Waals surface area contributed by atoms with Crippen LogP contribution in [0.2, 0.25) is 0 Å². The summed E-state index contributed by atoms with van der Waals surface area (Å²) < 4.78 is 11.6. The molecule has 150 valence electrons. The van der Waals surface area contributed by atoms with Crippen molar-refractivity contribution in [1.29, 1.82) is 0 Å². The van der Waals surface area contributed by atoms with E-state index in [2.05, 4.69) is 10.6 Å². The van der Waals surface area contributed by atoms with Gasteiger partial charge in [-0.2, -0.15) is 0 Å². The van der Waals surface area contributed by atoms with Crippen molar-refractivity contribution in [2.24, 2.45) is 0 Å². The van der Waals surface area contributed by atoms with Crippen molar-refractivity contribution in [2.75, 3.05) is 0 Å². The normalized spacial score (nSPS) is 19.5. The van der Waals surface area contributed by atoms with Gasteiger partial charge in [-0.1, -0.05) is 30.3 Å². The van der Waals surface area contributed by atoms with E-state index in [-0.39, 0.29) is 18.1 Å². The van der Waals surface area contributed by atoms with Gasteiger partial charge >= 0.3 is 12.0 Å². The first-order valence-electron chi connectivity index (χ1n) is 9.92. The minimum Gasteiger partial charge on any atom is -0.459 e. The quantitative estimate of drug-likeness (QED) is 0.730. The number of urea groups is 1. The van der Waals surface area contributed by atoms with Crippen LogP contribution in [0.1, 0.15) is 44.2 Å². The number of ether oxygens (including phenoxy) is 2. The van der Waals surface area contributed by atoms with E-state index >= 15 is 0 Å². The number of amides is 2. The van der Waals surface area contributed by atoms with Crippen LogP contribution in [0.25, 0.3) is 0 Å². The molecule has 6 nitrogen and oxygen atoms in total. The Balaban J connectivity index is 1.60. The molecular formula is C23H24N2O4. The Hall–Kier alpha value is -3.28. The molecule has 2 N–H and O–H groups in total. The average molecular weight is 392 g/mol. The van der Waals surface area contributed by atoms with Gasteiger partial charge in [0.25, 0.3) is 0 Å². The van der Waals surface area contributed by atoms with E-state index < -0.39 is 6.04 Å². The molecule has 1 heterocycles. The molecule has 0 aromatic heterocycles. The van der Waals surface area contributed by atoms with E-state index in [9.17, 15) is 9.59 Å². The van der Waals surface area contributed by atoms with Crippen LogP contribution in [0.15, 0.2) is 65.9 Å². The third-order valence-electron chi connectivity index (χ3n) is 5.24. The Morgan fingerprint density at radius 1 is 1.00 bits per heavy atom. The predicted octanol–water partition coefficient (Wildman–Crippen LogP) is 4.59. The van der Waals surface area contributed by atoms with Gasteiger partial charge < -0.3 is 20.1 Å². The molecule has 1 aliphatic heterocycles. The molecule has 2 aromatic rings. The zero-order valence-corrected chi connectivity index (χ0v) is 16.3. The molecule has 1 aliphatic carbocycles. The Kier molecular flexibility index (Phi) is 5.51. The highest BCUT2D eigenvalue weighted by Gasteiger charge is 2.34. The lowest BCUT2D eigenvalue weighted by Gasteiger charge is -2.29. The highest BCUT2D eigenvalue weighted by Crippen LogP contribution is 2.32. The third-order valence-corrected chi connectivity index (χ3v) is 5.24. The van der Waals surface area contributed by atoms with Crippen LogP contribution in [0, 0.1) is 0 Å². The molecule has 0 saturated heterocycles. The van der Waals surface area contributed by atoms with Gasteiger partial charge in [-0.05, 0) is 62.4 Å². The van der Waals surface area contributed by atoms with Crippen LogP contribution >= 0.6 is 0 Å². The maximum Gasteiger partial charge on any atom is 0.338 e. The number of carbonyl (C=O) groups excluding carboxylic acids is 2.